The summed E-state index contributed by atoms with van der Waals surface area (Å²) in [5.74, 6) is -1.11. The molecular weight excluding hydrogens is 363 g/mol. The lowest BCUT2D eigenvalue weighted by Gasteiger charge is -2.07. The maximum absolute atomic E-state index is 13.2. The smallest absolute Gasteiger partial charge is 0.338 e. The van der Waals surface area contributed by atoms with Gasteiger partial charge in [0.1, 0.15) is 5.82 Å². The molecule has 0 spiro atoms. The number of amides is 1. The van der Waals surface area contributed by atoms with Gasteiger partial charge in [0, 0.05) is 17.7 Å². The van der Waals surface area contributed by atoms with E-state index in [1.54, 1.807) is 43.3 Å². The number of pyridine rings is 1. The van der Waals surface area contributed by atoms with Gasteiger partial charge in [-0.15, -0.1) is 0 Å². The molecular formula is C21H19FN2O4. The van der Waals surface area contributed by atoms with Gasteiger partial charge in [-0.3, -0.25) is 9.59 Å². The molecule has 0 aliphatic rings. The molecule has 0 radical (unpaired) electrons. The molecule has 0 aliphatic heterocycles. The van der Waals surface area contributed by atoms with Crippen molar-refractivity contribution < 1.29 is 18.7 Å². The number of esters is 1. The number of benzene rings is 2. The molecule has 6 nitrogen and oxygen atoms in total. The van der Waals surface area contributed by atoms with E-state index < -0.39 is 11.8 Å². The van der Waals surface area contributed by atoms with Crippen LogP contribution in [-0.2, 0) is 16.0 Å². The van der Waals surface area contributed by atoms with Crippen LogP contribution in [0.4, 0.5) is 10.1 Å². The molecule has 1 aromatic heterocycles. The zero-order valence-electron chi connectivity index (χ0n) is 15.3. The normalized spacial score (nSPS) is 10.6. The van der Waals surface area contributed by atoms with E-state index in [9.17, 15) is 18.8 Å². The highest BCUT2D eigenvalue weighted by molar-refractivity contribution is 5.93. The number of halogens is 1. The Bertz CT molecular complexity index is 1070. The number of carbonyl (C=O) groups is 2. The Balaban J connectivity index is 1.62. The second-order valence-corrected chi connectivity index (χ2v) is 6.20. The first-order valence-corrected chi connectivity index (χ1v) is 8.85. The Morgan fingerprint density at radius 2 is 1.86 bits per heavy atom. The summed E-state index contributed by atoms with van der Waals surface area (Å²) in [6, 6.07) is 12.2. The summed E-state index contributed by atoms with van der Waals surface area (Å²) in [6.45, 7) is 2.02. The summed E-state index contributed by atoms with van der Waals surface area (Å²) >= 11 is 0. The molecule has 0 saturated heterocycles. The fraction of sp³-hybridized carbons (Fsp3) is 0.190. The number of anilines is 1. The van der Waals surface area contributed by atoms with Crippen LogP contribution in [-0.4, -0.2) is 23.5 Å². The predicted molar refractivity (Wildman–Crippen MR) is 104 cm³/mol. The second kappa shape index (κ2) is 8.47. The van der Waals surface area contributed by atoms with Gasteiger partial charge in [-0.2, -0.15) is 0 Å². The van der Waals surface area contributed by atoms with Crippen molar-refractivity contribution in [2.75, 3.05) is 11.9 Å². The predicted octanol–water partition coefficient (Wildman–Crippen LogP) is 3.42. The van der Waals surface area contributed by atoms with Crippen molar-refractivity contribution in [3.8, 4) is 0 Å². The summed E-state index contributed by atoms with van der Waals surface area (Å²) in [6.07, 6.45) is 0.352. The van der Waals surface area contributed by atoms with Crippen molar-refractivity contribution in [3.05, 3.63) is 75.8 Å². The van der Waals surface area contributed by atoms with Gasteiger partial charge >= 0.3 is 5.97 Å². The quantitative estimate of drug-likeness (QED) is 0.640. The average molecular weight is 382 g/mol. The highest BCUT2D eigenvalue weighted by Gasteiger charge is 2.09. The molecule has 0 saturated carbocycles. The number of hydrogen-bond donors (Lipinski definition) is 2. The lowest BCUT2D eigenvalue weighted by atomic mass is 10.1. The van der Waals surface area contributed by atoms with Crippen molar-refractivity contribution in [1.29, 1.82) is 0 Å². The van der Waals surface area contributed by atoms with E-state index in [4.69, 9.17) is 4.74 Å². The third-order valence-corrected chi connectivity index (χ3v) is 4.19. The van der Waals surface area contributed by atoms with Crippen LogP contribution in [0.25, 0.3) is 10.9 Å². The summed E-state index contributed by atoms with van der Waals surface area (Å²) in [5, 5.41) is 3.42. The Hall–Kier alpha value is -3.48. The van der Waals surface area contributed by atoms with Crippen LogP contribution in [0.3, 0.4) is 0 Å². The number of nitrogens with one attached hydrogen (secondary N) is 2. The van der Waals surface area contributed by atoms with Gasteiger partial charge in [-0.05, 0) is 67.3 Å². The van der Waals surface area contributed by atoms with Gasteiger partial charge in [-0.25, -0.2) is 9.18 Å². The second-order valence-electron chi connectivity index (χ2n) is 6.20. The van der Waals surface area contributed by atoms with Crippen molar-refractivity contribution in [3.63, 3.8) is 0 Å². The van der Waals surface area contributed by atoms with E-state index in [0.29, 0.717) is 34.3 Å². The van der Waals surface area contributed by atoms with Gasteiger partial charge in [0.2, 0.25) is 5.91 Å². The first kappa shape index (κ1) is 19.3. The molecule has 0 aliphatic carbocycles. The monoisotopic (exact) mass is 382 g/mol. The van der Waals surface area contributed by atoms with Crippen LogP contribution in [0.1, 0.15) is 29.3 Å². The topological polar surface area (TPSA) is 88.3 Å². The molecule has 1 amide bonds. The van der Waals surface area contributed by atoms with Crippen LogP contribution in [0, 0.1) is 5.82 Å². The number of aromatic amines is 1. The van der Waals surface area contributed by atoms with Crippen LogP contribution in [0.2, 0.25) is 0 Å². The summed E-state index contributed by atoms with van der Waals surface area (Å²) in [7, 11) is 0. The van der Waals surface area contributed by atoms with Crippen LogP contribution in [0.15, 0.2) is 53.3 Å². The number of ether oxygens (including phenoxy) is 1. The fourth-order valence-corrected chi connectivity index (χ4v) is 2.78. The van der Waals surface area contributed by atoms with E-state index in [0.717, 1.165) is 0 Å². The summed E-state index contributed by atoms with van der Waals surface area (Å²) < 4.78 is 18.1. The number of H-pyrrole nitrogens is 1. The number of carbonyl (C=O) groups excluding carboxylic acids is 2. The number of aromatic nitrogens is 1. The number of hydrogen-bond acceptors (Lipinski definition) is 4. The Morgan fingerprint density at radius 1 is 1.11 bits per heavy atom. The molecule has 2 aromatic carbocycles. The van der Waals surface area contributed by atoms with Gasteiger partial charge in [-0.1, -0.05) is 0 Å². The zero-order chi connectivity index (χ0) is 20.1. The molecule has 0 bridgehead atoms. The van der Waals surface area contributed by atoms with E-state index in [1.807, 2.05) is 0 Å². The Kier molecular flexibility index (Phi) is 5.84. The SMILES string of the molecule is CCOC(=O)c1ccc(NC(=O)CCc2cc3ccc(F)cc3[nH]c2=O)cc1. The molecule has 0 unspecified atom stereocenters. The minimum atomic E-state index is -0.427. The standard InChI is InChI=1S/C21H19FN2O4/c1-2-28-21(27)13-4-8-17(9-5-13)23-19(25)10-6-15-11-14-3-7-16(22)12-18(14)24-20(15)26/h3-5,7-9,11-12H,2,6,10H2,1H3,(H,23,25)(H,24,26). The highest BCUT2D eigenvalue weighted by Crippen LogP contribution is 2.14. The molecule has 0 atom stereocenters. The van der Waals surface area contributed by atoms with E-state index in [-0.39, 0.29) is 24.3 Å². The van der Waals surface area contributed by atoms with Gasteiger partial charge in [0.25, 0.3) is 5.56 Å². The molecule has 7 heteroatoms. The van der Waals surface area contributed by atoms with Crippen molar-refractivity contribution in [2.24, 2.45) is 0 Å². The van der Waals surface area contributed by atoms with E-state index in [2.05, 4.69) is 10.3 Å². The molecule has 0 fully saturated rings. The summed E-state index contributed by atoms with van der Waals surface area (Å²) in [4.78, 5) is 38.5. The average Bonchev–Trinajstić information content (AvgIpc) is 2.67. The van der Waals surface area contributed by atoms with Gasteiger partial charge in [0.05, 0.1) is 17.7 Å². The third-order valence-electron chi connectivity index (χ3n) is 4.19. The largest absolute Gasteiger partial charge is 0.462 e. The fourth-order valence-electron chi connectivity index (χ4n) is 2.78. The molecule has 144 valence electrons. The first-order valence-electron chi connectivity index (χ1n) is 8.85. The van der Waals surface area contributed by atoms with Crippen molar-refractivity contribution in [2.45, 2.75) is 19.8 Å². The van der Waals surface area contributed by atoms with Crippen LogP contribution >= 0.6 is 0 Å². The van der Waals surface area contributed by atoms with E-state index >= 15 is 0 Å². The minimum Gasteiger partial charge on any atom is -0.462 e. The maximum Gasteiger partial charge on any atom is 0.338 e. The molecule has 2 N–H and O–H groups in total. The molecule has 28 heavy (non-hydrogen) atoms. The highest BCUT2D eigenvalue weighted by atomic mass is 19.1. The van der Waals surface area contributed by atoms with Crippen LogP contribution < -0.4 is 10.9 Å². The molecule has 3 aromatic rings. The van der Waals surface area contributed by atoms with E-state index in [1.165, 1.54) is 12.1 Å². The molecule has 1 heterocycles. The van der Waals surface area contributed by atoms with Crippen molar-refractivity contribution in [1.82, 2.24) is 4.98 Å². The lowest BCUT2D eigenvalue weighted by molar-refractivity contribution is -0.116. The van der Waals surface area contributed by atoms with Crippen molar-refractivity contribution >= 4 is 28.5 Å². The number of fused-ring (bicyclic) bond motifs is 1. The first-order chi connectivity index (χ1) is 13.5. The third kappa shape index (κ3) is 4.62. The molecule has 3 rings (SSSR count). The van der Waals surface area contributed by atoms with Crippen LogP contribution in [0.5, 0.6) is 0 Å². The maximum atomic E-state index is 13.2. The lowest BCUT2D eigenvalue weighted by Crippen LogP contribution is -2.17. The van der Waals surface area contributed by atoms with Gasteiger partial charge in [0.15, 0.2) is 0 Å². The zero-order valence-corrected chi connectivity index (χ0v) is 15.3. The number of aryl methyl sites for hydroxylation is 1. The Labute approximate surface area is 160 Å². The summed E-state index contributed by atoms with van der Waals surface area (Å²) in [5.41, 5.74) is 1.47. The Morgan fingerprint density at radius 3 is 2.57 bits per heavy atom. The minimum absolute atomic E-state index is 0.107. The number of rotatable bonds is 6. The van der Waals surface area contributed by atoms with Gasteiger partial charge < -0.3 is 15.0 Å².